The van der Waals surface area contributed by atoms with E-state index in [0.29, 0.717) is 6.42 Å². The molecule has 0 aromatic heterocycles. The second kappa shape index (κ2) is 3.78. The van der Waals surface area contributed by atoms with Crippen LogP contribution in [0.15, 0.2) is 24.3 Å². The molecule has 1 aliphatic heterocycles. The van der Waals surface area contributed by atoms with Crippen molar-refractivity contribution in [2.24, 2.45) is 0 Å². The van der Waals surface area contributed by atoms with E-state index in [-0.39, 0.29) is 17.8 Å². The van der Waals surface area contributed by atoms with Crippen LogP contribution < -0.4 is 5.32 Å². The van der Waals surface area contributed by atoms with Crippen LogP contribution in [0.4, 0.5) is 4.39 Å². The first-order valence-corrected chi connectivity index (χ1v) is 4.80. The van der Waals surface area contributed by atoms with Crippen LogP contribution in [-0.2, 0) is 4.79 Å². The van der Waals surface area contributed by atoms with Crippen molar-refractivity contribution in [1.82, 2.24) is 5.32 Å². The van der Waals surface area contributed by atoms with Gasteiger partial charge in [0, 0.05) is 6.42 Å². The number of piperidine rings is 1. The van der Waals surface area contributed by atoms with Gasteiger partial charge in [0.15, 0.2) is 0 Å². The van der Waals surface area contributed by atoms with Crippen molar-refractivity contribution in [3.05, 3.63) is 35.6 Å². The first-order valence-electron chi connectivity index (χ1n) is 4.80. The molecule has 1 aromatic carbocycles. The van der Waals surface area contributed by atoms with Gasteiger partial charge in [0.1, 0.15) is 5.82 Å². The Morgan fingerprint density at radius 3 is 2.64 bits per heavy atom. The minimum Gasteiger partial charge on any atom is -0.349 e. The fourth-order valence-electron chi connectivity index (χ4n) is 1.75. The molecular formula is C11H12FNO. The van der Waals surface area contributed by atoms with Crippen LogP contribution in [0.3, 0.4) is 0 Å². The molecule has 1 N–H and O–H groups in total. The molecular weight excluding hydrogens is 181 g/mol. The van der Waals surface area contributed by atoms with E-state index >= 15 is 0 Å². The normalized spacial score (nSPS) is 21.8. The smallest absolute Gasteiger partial charge is 0.220 e. The first kappa shape index (κ1) is 9.19. The average Bonchev–Trinajstić information content (AvgIpc) is 2.19. The lowest BCUT2D eigenvalue weighted by Crippen LogP contribution is -2.32. The minimum atomic E-state index is -0.240. The highest BCUT2D eigenvalue weighted by Crippen LogP contribution is 2.23. The molecule has 1 aliphatic rings. The molecule has 1 saturated heterocycles. The third-order valence-electron chi connectivity index (χ3n) is 2.50. The molecule has 3 heteroatoms. The highest BCUT2D eigenvalue weighted by molar-refractivity contribution is 5.77. The lowest BCUT2D eigenvalue weighted by atomic mass is 9.97. The summed E-state index contributed by atoms with van der Waals surface area (Å²) in [5.74, 6) is -0.151. The molecule has 0 radical (unpaired) electrons. The fourth-order valence-corrected chi connectivity index (χ4v) is 1.75. The van der Waals surface area contributed by atoms with Crippen LogP contribution in [-0.4, -0.2) is 5.91 Å². The van der Waals surface area contributed by atoms with Crippen LogP contribution in [0.2, 0.25) is 0 Å². The van der Waals surface area contributed by atoms with Gasteiger partial charge in [-0.2, -0.15) is 0 Å². The van der Waals surface area contributed by atoms with Gasteiger partial charge < -0.3 is 5.32 Å². The van der Waals surface area contributed by atoms with E-state index in [0.717, 1.165) is 18.4 Å². The zero-order valence-corrected chi connectivity index (χ0v) is 7.79. The number of hydrogen-bond donors (Lipinski definition) is 1. The van der Waals surface area contributed by atoms with Gasteiger partial charge >= 0.3 is 0 Å². The van der Waals surface area contributed by atoms with Gasteiger partial charge in [-0.25, -0.2) is 4.39 Å². The summed E-state index contributed by atoms with van der Waals surface area (Å²) in [6.45, 7) is 0. The second-order valence-corrected chi connectivity index (χ2v) is 3.56. The molecule has 2 nitrogen and oxygen atoms in total. The van der Waals surface area contributed by atoms with Crippen molar-refractivity contribution in [3.8, 4) is 0 Å². The molecule has 14 heavy (non-hydrogen) atoms. The zero-order valence-electron chi connectivity index (χ0n) is 7.79. The lowest BCUT2D eigenvalue weighted by molar-refractivity contribution is -0.123. The molecule has 2 rings (SSSR count). The van der Waals surface area contributed by atoms with Crippen molar-refractivity contribution in [1.29, 1.82) is 0 Å². The number of hydrogen-bond acceptors (Lipinski definition) is 1. The summed E-state index contributed by atoms with van der Waals surface area (Å²) in [6, 6.07) is 6.38. The summed E-state index contributed by atoms with van der Waals surface area (Å²) in [5, 5.41) is 2.89. The largest absolute Gasteiger partial charge is 0.349 e. The Bertz CT molecular complexity index is 334. The maximum absolute atomic E-state index is 12.6. The summed E-state index contributed by atoms with van der Waals surface area (Å²) in [6.07, 6.45) is 2.46. The van der Waals surface area contributed by atoms with Crippen LogP contribution in [0.25, 0.3) is 0 Å². The van der Waals surface area contributed by atoms with E-state index in [4.69, 9.17) is 0 Å². The Hall–Kier alpha value is -1.38. The molecule has 74 valence electrons. The Morgan fingerprint density at radius 2 is 2.00 bits per heavy atom. The van der Waals surface area contributed by atoms with Crippen molar-refractivity contribution in [3.63, 3.8) is 0 Å². The molecule has 0 aliphatic carbocycles. The highest BCUT2D eigenvalue weighted by atomic mass is 19.1. The Balaban J connectivity index is 2.14. The number of amides is 1. The summed E-state index contributed by atoms with van der Waals surface area (Å²) in [4.78, 5) is 11.1. The van der Waals surface area contributed by atoms with Crippen LogP contribution in [0.5, 0.6) is 0 Å². The van der Waals surface area contributed by atoms with Gasteiger partial charge in [0.2, 0.25) is 5.91 Å². The quantitative estimate of drug-likeness (QED) is 0.727. The monoisotopic (exact) mass is 193 g/mol. The Kier molecular flexibility index (Phi) is 2.48. The van der Waals surface area contributed by atoms with E-state index in [1.807, 2.05) is 0 Å². The minimum absolute atomic E-state index is 0.0665. The van der Waals surface area contributed by atoms with E-state index in [2.05, 4.69) is 5.32 Å². The van der Waals surface area contributed by atoms with E-state index in [1.54, 1.807) is 12.1 Å². The highest BCUT2D eigenvalue weighted by Gasteiger charge is 2.19. The molecule has 1 atom stereocenters. The number of carbonyl (C=O) groups is 1. The zero-order chi connectivity index (χ0) is 9.97. The lowest BCUT2D eigenvalue weighted by Gasteiger charge is -2.23. The SMILES string of the molecule is O=C1CCCC(c2ccc(F)cc2)N1. The molecule has 0 bridgehead atoms. The number of halogens is 1. The Morgan fingerprint density at radius 1 is 1.29 bits per heavy atom. The molecule has 1 unspecified atom stereocenters. The summed E-state index contributed by atoms with van der Waals surface area (Å²) < 4.78 is 12.6. The number of rotatable bonds is 1. The fraction of sp³-hybridized carbons (Fsp3) is 0.364. The van der Waals surface area contributed by atoms with Gasteiger partial charge in [0.05, 0.1) is 6.04 Å². The molecule has 1 amide bonds. The second-order valence-electron chi connectivity index (χ2n) is 3.56. The van der Waals surface area contributed by atoms with Crippen molar-refractivity contribution in [2.75, 3.05) is 0 Å². The van der Waals surface area contributed by atoms with E-state index in [1.165, 1.54) is 12.1 Å². The third kappa shape index (κ3) is 1.92. The summed E-state index contributed by atoms with van der Waals surface area (Å²) in [5.41, 5.74) is 0.986. The van der Waals surface area contributed by atoms with Crippen molar-refractivity contribution < 1.29 is 9.18 Å². The van der Waals surface area contributed by atoms with Crippen molar-refractivity contribution >= 4 is 5.91 Å². The molecule has 1 heterocycles. The molecule has 0 saturated carbocycles. The van der Waals surface area contributed by atoms with Gasteiger partial charge in [0.25, 0.3) is 0 Å². The maximum Gasteiger partial charge on any atom is 0.220 e. The van der Waals surface area contributed by atoms with Gasteiger partial charge in [-0.1, -0.05) is 12.1 Å². The van der Waals surface area contributed by atoms with E-state index in [9.17, 15) is 9.18 Å². The first-order chi connectivity index (χ1) is 6.75. The molecule has 1 aromatic rings. The topological polar surface area (TPSA) is 29.1 Å². The summed E-state index contributed by atoms with van der Waals surface area (Å²) >= 11 is 0. The molecule has 1 fully saturated rings. The van der Waals surface area contributed by atoms with Crippen LogP contribution >= 0.6 is 0 Å². The predicted octanol–water partition coefficient (Wildman–Crippen LogP) is 2.17. The third-order valence-corrected chi connectivity index (χ3v) is 2.50. The van der Waals surface area contributed by atoms with Crippen LogP contribution in [0.1, 0.15) is 30.9 Å². The van der Waals surface area contributed by atoms with E-state index < -0.39 is 0 Å². The van der Waals surface area contributed by atoms with Gasteiger partial charge in [-0.05, 0) is 30.5 Å². The van der Waals surface area contributed by atoms with Gasteiger partial charge in [-0.15, -0.1) is 0 Å². The Labute approximate surface area is 82.1 Å². The van der Waals surface area contributed by atoms with Crippen molar-refractivity contribution in [2.45, 2.75) is 25.3 Å². The van der Waals surface area contributed by atoms with Crippen LogP contribution in [0, 0.1) is 5.82 Å². The number of carbonyl (C=O) groups excluding carboxylic acids is 1. The average molecular weight is 193 g/mol. The standard InChI is InChI=1S/C11H12FNO/c12-9-6-4-8(5-7-9)10-2-1-3-11(14)13-10/h4-7,10H,1-3H2,(H,13,14). The molecule has 0 spiro atoms. The number of benzene rings is 1. The maximum atomic E-state index is 12.6. The van der Waals surface area contributed by atoms with Gasteiger partial charge in [-0.3, -0.25) is 4.79 Å². The predicted molar refractivity (Wildman–Crippen MR) is 51.1 cm³/mol. The summed E-state index contributed by atoms with van der Waals surface area (Å²) in [7, 11) is 0. The number of nitrogens with one attached hydrogen (secondary N) is 1.